The van der Waals surface area contributed by atoms with Crippen LogP contribution in [0, 0.1) is 11.6 Å². The van der Waals surface area contributed by atoms with E-state index in [1.165, 1.54) is 24.4 Å². The summed E-state index contributed by atoms with van der Waals surface area (Å²) in [5.41, 5.74) is 6.24. The van der Waals surface area contributed by atoms with Gasteiger partial charge in [-0.25, -0.2) is 8.78 Å². The highest BCUT2D eigenvalue weighted by atomic mass is 19.1. The van der Waals surface area contributed by atoms with Gasteiger partial charge in [0.15, 0.2) is 0 Å². The molecule has 0 aliphatic carbocycles. The molecule has 1 aromatic heterocycles. The van der Waals surface area contributed by atoms with E-state index in [0.29, 0.717) is 5.56 Å². The highest BCUT2D eigenvalue weighted by Crippen LogP contribution is 2.23. The Morgan fingerprint density at radius 1 is 1.06 bits per heavy atom. The van der Waals surface area contributed by atoms with Crippen molar-refractivity contribution in [3.05, 3.63) is 65.5 Å². The third-order valence-electron chi connectivity index (χ3n) is 2.35. The minimum atomic E-state index is -0.838. The van der Waals surface area contributed by atoms with E-state index in [4.69, 9.17) is 5.73 Å². The van der Waals surface area contributed by atoms with Crippen LogP contribution in [0.2, 0.25) is 0 Å². The van der Waals surface area contributed by atoms with Crippen molar-refractivity contribution >= 4 is 0 Å². The zero-order chi connectivity index (χ0) is 11.5. The molecule has 1 unspecified atom stereocenters. The number of hydrogen-bond acceptors (Lipinski definition) is 2. The van der Waals surface area contributed by atoms with Crippen LogP contribution in [0.4, 0.5) is 8.78 Å². The smallest absolute Gasteiger partial charge is 0.131 e. The normalized spacial score (nSPS) is 12.4. The van der Waals surface area contributed by atoms with Crippen LogP contribution in [-0.4, -0.2) is 4.98 Å². The number of nitrogens with zero attached hydrogens (tertiary/aromatic N) is 1. The quantitative estimate of drug-likeness (QED) is 0.844. The molecule has 0 saturated carbocycles. The number of benzene rings is 1. The Balaban J connectivity index is 2.46. The van der Waals surface area contributed by atoms with Gasteiger partial charge >= 0.3 is 0 Å². The third kappa shape index (κ3) is 1.92. The Bertz CT molecular complexity index is 465. The van der Waals surface area contributed by atoms with E-state index in [0.717, 1.165) is 0 Å². The molecule has 2 nitrogen and oxygen atoms in total. The number of rotatable bonds is 2. The van der Waals surface area contributed by atoms with Crippen molar-refractivity contribution in [2.45, 2.75) is 6.04 Å². The first-order chi connectivity index (χ1) is 7.70. The molecule has 0 bridgehead atoms. The molecule has 0 saturated heterocycles. The Kier molecular flexibility index (Phi) is 2.92. The van der Waals surface area contributed by atoms with Crippen LogP contribution in [0.15, 0.2) is 42.7 Å². The van der Waals surface area contributed by atoms with Gasteiger partial charge in [0.25, 0.3) is 0 Å². The van der Waals surface area contributed by atoms with E-state index < -0.39 is 17.7 Å². The van der Waals surface area contributed by atoms with E-state index in [1.807, 2.05) is 0 Å². The number of hydrogen-bond donors (Lipinski definition) is 1. The van der Waals surface area contributed by atoms with E-state index in [2.05, 4.69) is 4.98 Å². The van der Waals surface area contributed by atoms with Crippen LogP contribution in [0.25, 0.3) is 0 Å². The van der Waals surface area contributed by atoms with Crippen molar-refractivity contribution in [3.63, 3.8) is 0 Å². The summed E-state index contributed by atoms with van der Waals surface area (Å²) in [5, 5.41) is 0. The molecule has 0 amide bonds. The molecular weight excluding hydrogens is 210 g/mol. The van der Waals surface area contributed by atoms with Crippen molar-refractivity contribution in [1.29, 1.82) is 0 Å². The van der Waals surface area contributed by atoms with Gasteiger partial charge in [-0.2, -0.15) is 0 Å². The number of nitrogens with two attached hydrogens (primary N) is 1. The molecule has 16 heavy (non-hydrogen) atoms. The van der Waals surface area contributed by atoms with Crippen molar-refractivity contribution in [3.8, 4) is 0 Å². The lowest BCUT2D eigenvalue weighted by Crippen LogP contribution is -2.15. The number of pyridine rings is 1. The monoisotopic (exact) mass is 220 g/mol. The second-order valence-electron chi connectivity index (χ2n) is 3.40. The predicted molar refractivity (Wildman–Crippen MR) is 56.6 cm³/mol. The molecule has 0 aliphatic rings. The Morgan fingerprint density at radius 3 is 2.31 bits per heavy atom. The number of halogens is 2. The Hall–Kier alpha value is -1.81. The lowest BCUT2D eigenvalue weighted by Gasteiger charge is -2.13. The molecule has 1 atom stereocenters. The minimum absolute atomic E-state index is 0.129. The summed E-state index contributed by atoms with van der Waals surface area (Å²) < 4.78 is 26.9. The summed E-state index contributed by atoms with van der Waals surface area (Å²) in [6, 6.07) is 6.21. The van der Waals surface area contributed by atoms with Gasteiger partial charge in [0.05, 0.1) is 6.04 Å². The SMILES string of the molecule is NC(c1cccnc1)c1c(F)cccc1F. The van der Waals surface area contributed by atoms with Gasteiger partial charge < -0.3 is 5.73 Å². The number of aromatic nitrogens is 1. The van der Waals surface area contributed by atoms with Gasteiger partial charge in [0.1, 0.15) is 11.6 Å². The van der Waals surface area contributed by atoms with Crippen LogP contribution in [0.5, 0.6) is 0 Å². The van der Waals surface area contributed by atoms with Gasteiger partial charge in [-0.05, 0) is 23.8 Å². The summed E-state index contributed by atoms with van der Waals surface area (Å²) in [4.78, 5) is 3.87. The van der Waals surface area contributed by atoms with E-state index in [9.17, 15) is 8.78 Å². The molecule has 2 aromatic rings. The fourth-order valence-electron chi connectivity index (χ4n) is 1.53. The average Bonchev–Trinajstić information content (AvgIpc) is 2.30. The van der Waals surface area contributed by atoms with Crippen molar-refractivity contribution in [1.82, 2.24) is 4.98 Å². The van der Waals surface area contributed by atoms with Crippen LogP contribution < -0.4 is 5.73 Å². The van der Waals surface area contributed by atoms with Crippen LogP contribution in [-0.2, 0) is 0 Å². The fraction of sp³-hybridized carbons (Fsp3) is 0.0833. The molecular formula is C12H10F2N2. The maximum Gasteiger partial charge on any atom is 0.131 e. The molecule has 4 heteroatoms. The van der Waals surface area contributed by atoms with Crippen molar-refractivity contribution < 1.29 is 8.78 Å². The van der Waals surface area contributed by atoms with Gasteiger partial charge in [0.2, 0.25) is 0 Å². The van der Waals surface area contributed by atoms with Gasteiger partial charge in [-0.1, -0.05) is 12.1 Å². The van der Waals surface area contributed by atoms with Gasteiger partial charge in [-0.3, -0.25) is 4.98 Å². The van der Waals surface area contributed by atoms with Crippen LogP contribution >= 0.6 is 0 Å². The molecule has 2 rings (SSSR count). The first-order valence-corrected chi connectivity index (χ1v) is 4.79. The highest BCUT2D eigenvalue weighted by molar-refractivity contribution is 5.31. The van der Waals surface area contributed by atoms with E-state index in [1.54, 1.807) is 18.3 Å². The lowest BCUT2D eigenvalue weighted by molar-refractivity contribution is 0.543. The summed E-state index contributed by atoms with van der Waals surface area (Å²) >= 11 is 0. The predicted octanol–water partition coefficient (Wildman–Crippen LogP) is 2.41. The molecule has 1 heterocycles. The fourth-order valence-corrected chi connectivity index (χ4v) is 1.53. The van der Waals surface area contributed by atoms with E-state index in [-0.39, 0.29) is 5.56 Å². The standard InChI is InChI=1S/C12H10F2N2/c13-9-4-1-5-10(14)11(9)12(15)8-3-2-6-16-7-8/h1-7,12H,15H2. The van der Waals surface area contributed by atoms with Crippen molar-refractivity contribution in [2.75, 3.05) is 0 Å². The lowest BCUT2D eigenvalue weighted by atomic mass is 10.0. The maximum atomic E-state index is 13.4. The molecule has 1 aromatic carbocycles. The minimum Gasteiger partial charge on any atom is -0.320 e. The second-order valence-corrected chi connectivity index (χ2v) is 3.40. The van der Waals surface area contributed by atoms with Crippen LogP contribution in [0.3, 0.4) is 0 Å². The average molecular weight is 220 g/mol. The Morgan fingerprint density at radius 2 is 1.75 bits per heavy atom. The molecule has 2 N–H and O–H groups in total. The van der Waals surface area contributed by atoms with Crippen LogP contribution in [0.1, 0.15) is 17.2 Å². The highest BCUT2D eigenvalue weighted by Gasteiger charge is 2.17. The molecule has 0 aliphatic heterocycles. The summed E-state index contributed by atoms with van der Waals surface area (Å²) in [6.45, 7) is 0. The van der Waals surface area contributed by atoms with Gasteiger partial charge in [0, 0.05) is 18.0 Å². The second kappa shape index (κ2) is 4.37. The molecule has 0 spiro atoms. The summed E-state index contributed by atoms with van der Waals surface area (Å²) in [5.74, 6) is -1.28. The zero-order valence-electron chi connectivity index (χ0n) is 8.40. The largest absolute Gasteiger partial charge is 0.320 e. The van der Waals surface area contributed by atoms with E-state index >= 15 is 0 Å². The summed E-state index contributed by atoms with van der Waals surface area (Å²) in [6.07, 6.45) is 3.07. The molecule has 0 radical (unpaired) electrons. The Labute approximate surface area is 91.7 Å². The first kappa shape index (κ1) is 10.7. The molecule has 0 fully saturated rings. The maximum absolute atomic E-state index is 13.4. The third-order valence-corrected chi connectivity index (χ3v) is 2.35. The van der Waals surface area contributed by atoms with Gasteiger partial charge in [-0.15, -0.1) is 0 Å². The first-order valence-electron chi connectivity index (χ1n) is 4.79. The molecule has 82 valence electrons. The zero-order valence-corrected chi connectivity index (χ0v) is 8.40. The summed E-state index contributed by atoms with van der Waals surface area (Å²) in [7, 11) is 0. The topological polar surface area (TPSA) is 38.9 Å². The van der Waals surface area contributed by atoms with Crippen molar-refractivity contribution in [2.24, 2.45) is 5.73 Å².